The van der Waals surface area contributed by atoms with Gasteiger partial charge in [-0.15, -0.1) is 0 Å². The maximum absolute atomic E-state index is 13.2. The van der Waals surface area contributed by atoms with E-state index in [1.165, 1.54) is 12.5 Å². The first-order valence-electron chi connectivity index (χ1n) is 11.3. The topological polar surface area (TPSA) is 114 Å². The van der Waals surface area contributed by atoms with Gasteiger partial charge in [0.25, 0.3) is 5.91 Å². The van der Waals surface area contributed by atoms with Crippen LogP contribution in [0.5, 0.6) is 0 Å². The number of nitrogens with one attached hydrogen (secondary N) is 2. The minimum absolute atomic E-state index is 0.136. The third-order valence-electron chi connectivity index (χ3n) is 6.03. The predicted octanol–water partition coefficient (Wildman–Crippen LogP) is 2.77. The summed E-state index contributed by atoms with van der Waals surface area (Å²) in [5.74, 6) is -1.55. The SMILES string of the molecule is CCOC(=O)C1=C(COC(=O)c2ccccc2C(=O)N(C)C2CCCCC2)NC(=O)NC1C. The maximum Gasteiger partial charge on any atom is 0.339 e. The van der Waals surface area contributed by atoms with Gasteiger partial charge in [0.15, 0.2) is 0 Å². The summed E-state index contributed by atoms with van der Waals surface area (Å²) in [6.07, 6.45) is 5.25. The Hall–Kier alpha value is -3.36. The number of esters is 2. The van der Waals surface area contributed by atoms with Gasteiger partial charge in [0.2, 0.25) is 0 Å². The van der Waals surface area contributed by atoms with Crippen LogP contribution in [-0.4, -0.2) is 61.1 Å². The number of nitrogens with zero attached hydrogens (tertiary/aromatic N) is 1. The van der Waals surface area contributed by atoms with Crippen LogP contribution >= 0.6 is 0 Å². The van der Waals surface area contributed by atoms with Crippen molar-refractivity contribution in [2.75, 3.05) is 20.3 Å². The molecule has 1 aliphatic heterocycles. The molecule has 2 N–H and O–H groups in total. The normalized spacial score (nSPS) is 18.8. The molecule has 3 amide bonds. The molecule has 2 aliphatic rings. The summed E-state index contributed by atoms with van der Waals surface area (Å²) in [5.41, 5.74) is 0.737. The Morgan fingerprint density at radius 2 is 1.70 bits per heavy atom. The van der Waals surface area contributed by atoms with Gasteiger partial charge in [0.05, 0.1) is 35.0 Å². The van der Waals surface area contributed by atoms with Crippen LogP contribution in [0.4, 0.5) is 4.79 Å². The Bertz CT molecular complexity index is 951. The van der Waals surface area contributed by atoms with E-state index in [0.717, 1.165) is 25.7 Å². The first kappa shape index (κ1) is 24.3. The summed E-state index contributed by atoms with van der Waals surface area (Å²) in [4.78, 5) is 52.0. The lowest BCUT2D eigenvalue weighted by Crippen LogP contribution is -2.50. The van der Waals surface area contributed by atoms with Crippen molar-refractivity contribution in [3.8, 4) is 0 Å². The first-order chi connectivity index (χ1) is 15.8. The molecule has 1 unspecified atom stereocenters. The van der Waals surface area contributed by atoms with Gasteiger partial charge in [-0.3, -0.25) is 4.79 Å². The fourth-order valence-electron chi connectivity index (χ4n) is 4.28. The van der Waals surface area contributed by atoms with Crippen molar-refractivity contribution in [2.45, 2.75) is 58.0 Å². The number of carbonyl (C=O) groups excluding carboxylic acids is 4. The van der Waals surface area contributed by atoms with Crippen LogP contribution in [0, 0.1) is 0 Å². The monoisotopic (exact) mass is 457 g/mol. The zero-order valence-corrected chi connectivity index (χ0v) is 19.3. The van der Waals surface area contributed by atoms with E-state index in [2.05, 4.69) is 10.6 Å². The van der Waals surface area contributed by atoms with E-state index in [0.29, 0.717) is 0 Å². The number of urea groups is 1. The molecule has 1 saturated carbocycles. The Morgan fingerprint density at radius 1 is 1.03 bits per heavy atom. The Balaban J connectivity index is 1.77. The average Bonchev–Trinajstić information content (AvgIpc) is 2.81. The van der Waals surface area contributed by atoms with Crippen molar-refractivity contribution >= 4 is 23.9 Å². The minimum Gasteiger partial charge on any atom is -0.463 e. The van der Waals surface area contributed by atoms with E-state index >= 15 is 0 Å². The number of rotatable bonds is 7. The molecule has 3 rings (SSSR count). The lowest BCUT2D eigenvalue weighted by atomic mass is 9.94. The van der Waals surface area contributed by atoms with Crippen molar-refractivity contribution in [3.63, 3.8) is 0 Å². The zero-order valence-electron chi connectivity index (χ0n) is 19.3. The Kier molecular flexibility index (Phi) is 8.08. The number of carbonyl (C=O) groups is 4. The van der Waals surface area contributed by atoms with Gasteiger partial charge in [0, 0.05) is 13.1 Å². The predicted molar refractivity (Wildman–Crippen MR) is 120 cm³/mol. The molecule has 1 aliphatic carbocycles. The highest BCUT2D eigenvalue weighted by Gasteiger charge is 2.31. The number of benzene rings is 1. The lowest BCUT2D eigenvalue weighted by molar-refractivity contribution is -0.139. The van der Waals surface area contributed by atoms with Crippen molar-refractivity contribution in [2.24, 2.45) is 0 Å². The third kappa shape index (κ3) is 5.71. The second-order valence-corrected chi connectivity index (χ2v) is 8.26. The van der Waals surface area contributed by atoms with Gasteiger partial charge < -0.3 is 25.0 Å². The summed E-state index contributed by atoms with van der Waals surface area (Å²) in [6, 6.07) is 5.54. The highest BCUT2D eigenvalue weighted by molar-refractivity contribution is 6.05. The number of amides is 3. The van der Waals surface area contributed by atoms with Crippen LogP contribution < -0.4 is 10.6 Å². The molecule has 1 atom stereocenters. The van der Waals surface area contributed by atoms with Crippen LogP contribution in [0.25, 0.3) is 0 Å². The molecule has 9 nitrogen and oxygen atoms in total. The van der Waals surface area contributed by atoms with Crippen molar-refractivity contribution in [1.82, 2.24) is 15.5 Å². The van der Waals surface area contributed by atoms with Gasteiger partial charge in [-0.1, -0.05) is 31.4 Å². The van der Waals surface area contributed by atoms with Gasteiger partial charge in [0.1, 0.15) is 6.61 Å². The molecular formula is C24H31N3O6. The third-order valence-corrected chi connectivity index (χ3v) is 6.03. The summed E-state index contributed by atoms with van der Waals surface area (Å²) in [6.45, 7) is 3.14. The fraction of sp³-hybridized carbons (Fsp3) is 0.500. The summed E-state index contributed by atoms with van der Waals surface area (Å²) >= 11 is 0. The van der Waals surface area contributed by atoms with E-state index in [1.54, 1.807) is 44.0 Å². The van der Waals surface area contributed by atoms with Gasteiger partial charge in [-0.2, -0.15) is 0 Å². The van der Waals surface area contributed by atoms with E-state index in [9.17, 15) is 19.2 Å². The Morgan fingerprint density at radius 3 is 2.36 bits per heavy atom. The quantitative estimate of drug-likeness (QED) is 0.609. The molecule has 0 saturated heterocycles. The van der Waals surface area contributed by atoms with E-state index in [-0.39, 0.29) is 47.6 Å². The van der Waals surface area contributed by atoms with Gasteiger partial charge >= 0.3 is 18.0 Å². The Labute approximate surface area is 193 Å². The highest BCUT2D eigenvalue weighted by Crippen LogP contribution is 2.24. The molecule has 33 heavy (non-hydrogen) atoms. The second kappa shape index (κ2) is 11.0. The molecule has 9 heteroatoms. The molecule has 0 radical (unpaired) electrons. The molecule has 1 heterocycles. The molecule has 0 bridgehead atoms. The number of hydrogen-bond donors (Lipinski definition) is 2. The molecular weight excluding hydrogens is 426 g/mol. The molecule has 178 valence electrons. The van der Waals surface area contributed by atoms with Crippen LogP contribution in [0.2, 0.25) is 0 Å². The number of ether oxygens (including phenoxy) is 2. The minimum atomic E-state index is -0.716. The number of hydrogen-bond acceptors (Lipinski definition) is 6. The van der Waals surface area contributed by atoms with Crippen LogP contribution in [0.3, 0.4) is 0 Å². The summed E-state index contributed by atoms with van der Waals surface area (Å²) in [7, 11) is 1.77. The molecule has 0 aromatic heterocycles. The first-order valence-corrected chi connectivity index (χ1v) is 11.3. The van der Waals surface area contributed by atoms with Gasteiger partial charge in [-0.05, 0) is 38.8 Å². The van der Waals surface area contributed by atoms with E-state index < -0.39 is 24.0 Å². The van der Waals surface area contributed by atoms with E-state index in [1.807, 2.05) is 0 Å². The smallest absolute Gasteiger partial charge is 0.339 e. The van der Waals surface area contributed by atoms with Crippen LogP contribution in [-0.2, 0) is 14.3 Å². The second-order valence-electron chi connectivity index (χ2n) is 8.26. The largest absolute Gasteiger partial charge is 0.463 e. The zero-order chi connectivity index (χ0) is 24.0. The maximum atomic E-state index is 13.2. The standard InChI is InChI=1S/C24H31N3O6/c1-4-32-23(30)20-15(2)25-24(31)26-19(20)14-33-22(29)18-13-9-8-12-17(18)21(28)27(3)16-10-6-5-7-11-16/h8-9,12-13,15-16H,4-7,10-11,14H2,1-3H3,(H2,25,26,31). The molecule has 1 fully saturated rings. The lowest BCUT2D eigenvalue weighted by Gasteiger charge is -2.31. The van der Waals surface area contributed by atoms with Crippen molar-refractivity contribution < 1.29 is 28.7 Å². The van der Waals surface area contributed by atoms with Gasteiger partial charge in [-0.25, -0.2) is 14.4 Å². The molecule has 1 aromatic carbocycles. The summed E-state index contributed by atoms with van der Waals surface area (Å²) < 4.78 is 10.5. The van der Waals surface area contributed by atoms with Crippen molar-refractivity contribution in [1.29, 1.82) is 0 Å². The van der Waals surface area contributed by atoms with Crippen molar-refractivity contribution in [3.05, 3.63) is 46.7 Å². The van der Waals surface area contributed by atoms with Crippen LogP contribution in [0.1, 0.15) is 66.7 Å². The molecule has 0 spiro atoms. The molecule has 1 aromatic rings. The average molecular weight is 458 g/mol. The highest BCUT2D eigenvalue weighted by atomic mass is 16.5. The summed E-state index contributed by atoms with van der Waals surface area (Å²) in [5, 5.41) is 5.10. The van der Waals surface area contributed by atoms with E-state index in [4.69, 9.17) is 9.47 Å². The fourth-order valence-corrected chi connectivity index (χ4v) is 4.28. The van der Waals surface area contributed by atoms with Crippen LogP contribution in [0.15, 0.2) is 35.5 Å².